The minimum Gasteiger partial charge on any atom is -0.497 e. The lowest BCUT2D eigenvalue weighted by Crippen LogP contribution is -2.29. The van der Waals surface area contributed by atoms with Gasteiger partial charge >= 0.3 is 0 Å². The van der Waals surface area contributed by atoms with Gasteiger partial charge in [0, 0.05) is 23.7 Å². The molecule has 1 amide bonds. The van der Waals surface area contributed by atoms with Crippen LogP contribution in [0.4, 0.5) is 0 Å². The number of likely N-dealkylation sites (tertiary alicyclic amines) is 1. The third kappa shape index (κ3) is 3.48. The fourth-order valence-corrected chi connectivity index (χ4v) is 3.59. The lowest BCUT2D eigenvalue weighted by molar-refractivity contribution is 0.0758. The first kappa shape index (κ1) is 18.5. The van der Waals surface area contributed by atoms with Gasteiger partial charge in [0.25, 0.3) is 5.91 Å². The summed E-state index contributed by atoms with van der Waals surface area (Å²) in [6, 6.07) is 16.6. The number of halogens is 1. The van der Waals surface area contributed by atoms with E-state index in [0.717, 1.165) is 22.7 Å². The van der Waals surface area contributed by atoms with Crippen molar-refractivity contribution < 1.29 is 14.6 Å². The molecule has 1 aliphatic rings. The number of hydrogen-bond donors (Lipinski definition) is 1. The Bertz CT molecular complexity index is 1000. The molecule has 3 aromatic rings. The van der Waals surface area contributed by atoms with E-state index in [9.17, 15) is 9.90 Å². The van der Waals surface area contributed by atoms with E-state index in [-0.39, 0.29) is 5.91 Å². The topological polar surface area (TPSA) is 67.6 Å². The molecule has 0 aliphatic carbocycles. The molecule has 1 fully saturated rings. The molecule has 1 saturated heterocycles. The lowest BCUT2D eigenvalue weighted by atomic mass is 10.1. The largest absolute Gasteiger partial charge is 0.497 e. The zero-order valence-electron chi connectivity index (χ0n) is 15.4. The maximum atomic E-state index is 12.9. The molecule has 7 heteroatoms. The highest BCUT2D eigenvalue weighted by atomic mass is 35.5. The molecule has 1 aromatic heterocycles. The van der Waals surface area contributed by atoms with Gasteiger partial charge in [0.1, 0.15) is 5.75 Å². The van der Waals surface area contributed by atoms with E-state index in [1.807, 2.05) is 42.5 Å². The van der Waals surface area contributed by atoms with Crippen molar-refractivity contribution in [2.24, 2.45) is 0 Å². The Kier molecular flexibility index (Phi) is 5.07. The van der Waals surface area contributed by atoms with Crippen LogP contribution in [0, 0.1) is 0 Å². The second-order valence-electron chi connectivity index (χ2n) is 6.70. The molecule has 0 bridgehead atoms. The molecule has 0 saturated carbocycles. The molecule has 2 heterocycles. The summed E-state index contributed by atoms with van der Waals surface area (Å²) < 4.78 is 6.93. The maximum absolute atomic E-state index is 12.9. The number of rotatable bonds is 4. The van der Waals surface area contributed by atoms with E-state index in [2.05, 4.69) is 5.10 Å². The van der Waals surface area contributed by atoms with Gasteiger partial charge in [-0.15, -0.1) is 0 Å². The number of carbonyl (C=O) groups excluding carboxylic acids is 1. The maximum Gasteiger partial charge on any atom is 0.274 e. The second-order valence-corrected chi connectivity index (χ2v) is 7.11. The average Bonchev–Trinajstić information content (AvgIpc) is 3.35. The van der Waals surface area contributed by atoms with Crippen LogP contribution in [0.2, 0.25) is 5.02 Å². The first-order valence-corrected chi connectivity index (χ1v) is 9.41. The fourth-order valence-electron chi connectivity index (χ4n) is 3.35. The highest BCUT2D eigenvalue weighted by Gasteiger charge is 2.28. The van der Waals surface area contributed by atoms with Crippen molar-refractivity contribution in [1.82, 2.24) is 14.7 Å². The smallest absolute Gasteiger partial charge is 0.274 e. The van der Waals surface area contributed by atoms with Crippen LogP contribution < -0.4 is 4.74 Å². The Balaban J connectivity index is 1.79. The summed E-state index contributed by atoms with van der Waals surface area (Å²) in [5.41, 5.74) is 2.61. The number of carbonyl (C=O) groups is 1. The quantitative estimate of drug-likeness (QED) is 0.732. The van der Waals surface area contributed by atoms with Crippen molar-refractivity contribution in [3.8, 4) is 22.7 Å². The van der Waals surface area contributed by atoms with Gasteiger partial charge in [-0.3, -0.25) is 4.79 Å². The van der Waals surface area contributed by atoms with E-state index in [4.69, 9.17) is 16.3 Å². The SMILES string of the molecule is COc1ccc(-n2nc(C(=O)N3CC[C@@H](O)C3)cc2-c2ccccc2Cl)cc1. The molecule has 6 nitrogen and oxygen atoms in total. The van der Waals surface area contributed by atoms with Crippen LogP contribution in [0.1, 0.15) is 16.9 Å². The van der Waals surface area contributed by atoms with Crippen LogP contribution in [0.3, 0.4) is 0 Å². The van der Waals surface area contributed by atoms with Gasteiger partial charge in [-0.05, 0) is 42.8 Å². The number of amides is 1. The van der Waals surface area contributed by atoms with E-state index < -0.39 is 6.10 Å². The summed E-state index contributed by atoms with van der Waals surface area (Å²) in [4.78, 5) is 14.5. The Morgan fingerprint density at radius 1 is 1.21 bits per heavy atom. The van der Waals surface area contributed by atoms with Crippen LogP contribution in [0.15, 0.2) is 54.6 Å². The molecule has 0 radical (unpaired) electrons. The van der Waals surface area contributed by atoms with Crippen LogP contribution in [0.5, 0.6) is 5.75 Å². The standard InChI is InChI=1S/C21H20ClN3O3/c1-28-16-8-6-14(7-9-16)25-20(17-4-2-3-5-18(17)22)12-19(23-25)21(27)24-11-10-15(26)13-24/h2-9,12,15,26H,10-11,13H2,1H3/t15-/m1/s1. The predicted octanol–water partition coefficient (Wildman–Crippen LogP) is 3.41. The molecule has 2 aromatic carbocycles. The molecule has 0 spiro atoms. The summed E-state index contributed by atoms with van der Waals surface area (Å²) in [5, 5.41) is 14.9. The monoisotopic (exact) mass is 397 g/mol. The number of aliphatic hydroxyl groups is 1. The summed E-state index contributed by atoms with van der Waals surface area (Å²) in [5.74, 6) is 0.537. The van der Waals surface area contributed by atoms with E-state index >= 15 is 0 Å². The Labute approximate surface area is 167 Å². The number of aromatic nitrogens is 2. The molecule has 1 N–H and O–H groups in total. The van der Waals surface area contributed by atoms with Gasteiger partial charge in [-0.2, -0.15) is 5.10 Å². The van der Waals surface area contributed by atoms with Crippen LogP contribution in [0.25, 0.3) is 16.9 Å². The molecular formula is C21H20ClN3O3. The van der Waals surface area contributed by atoms with Crippen LogP contribution >= 0.6 is 11.6 Å². The van der Waals surface area contributed by atoms with Gasteiger partial charge in [0.05, 0.1) is 24.6 Å². The predicted molar refractivity (Wildman–Crippen MR) is 107 cm³/mol. The number of hydrogen-bond acceptors (Lipinski definition) is 4. The number of benzene rings is 2. The van der Waals surface area contributed by atoms with Gasteiger partial charge in [0.2, 0.25) is 0 Å². The summed E-state index contributed by atoms with van der Waals surface area (Å²) in [6.07, 6.45) is 0.109. The van der Waals surface area contributed by atoms with Gasteiger partial charge in [-0.25, -0.2) is 4.68 Å². The van der Waals surface area contributed by atoms with E-state index in [0.29, 0.717) is 30.2 Å². The van der Waals surface area contributed by atoms with E-state index in [1.54, 1.807) is 28.8 Å². The fraction of sp³-hybridized carbons (Fsp3) is 0.238. The van der Waals surface area contributed by atoms with Crippen molar-refractivity contribution in [2.45, 2.75) is 12.5 Å². The molecular weight excluding hydrogens is 378 g/mol. The molecule has 28 heavy (non-hydrogen) atoms. The molecule has 1 atom stereocenters. The minimum atomic E-state index is -0.476. The Morgan fingerprint density at radius 2 is 1.96 bits per heavy atom. The van der Waals surface area contributed by atoms with E-state index in [1.165, 1.54) is 0 Å². The minimum absolute atomic E-state index is 0.197. The zero-order chi connectivity index (χ0) is 19.7. The average molecular weight is 398 g/mol. The second kappa shape index (κ2) is 7.66. The third-order valence-electron chi connectivity index (χ3n) is 4.85. The van der Waals surface area contributed by atoms with Crippen molar-refractivity contribution >= 4 is 17.5 Å². The molecule has 0 unspecified atom stereocenters. The normalized spacial score (nSPS) is 16.4. The van der Waals surface area contributed by atoms with Crippen molar-refractivity contribution in [2.75, 3.05) is 20.2 Å². The number of aliphatic hydroxyl groups excluding tert-OH is 1. The summed E-state index contributed by atoms with van der Waals surface area (Å²) >= 11 is 6.41. The van der Waals surface area contributed by atoms with Crippen LogP contribution in [-0.4, -0.2) is 52.0 Å². The molecule has 1 aliphatic heterocycles. The van der Waals surface area contributed by atoms with Crippen molar-refractivity contribution in [1.29, 1.82) is 0 Å². The molecule has 144 valence electrons. The highest BCUT2D eigenvalue weighted by molar-refractivity contribution is 6.33. The van der Waals surface area contributed by atoms with Gasteiger partial charge in [0.15, 0.2) is 5.69 Å². The van der Waals surface area contributed by atoms with Crippen LogP contribution in [-0.2, 0) is 0 Å². The Morgan fingerprint density at radius 3 is 2.61 bits per heavy atom. The van der Waals surface area contributed by atoms with Gasteiger partial charge in [-0.1, -0.05) is 29.8 Å². The van der Waals surface area contributed by atoms with Crippen molar-refractivity contribution in [3.05, 3.63) is 65.3 Å². The zero-order valence-corrected chi connectivity index (χ0v) is 16.1. The number of nitrogens with zero attached hydrogens (tertiary/aromatic N) is 3. The van der Waals surface area contributed by atoms with Gasteiger partial charge < -0.3 is 14.7 Å². The number of β-amino-alcohol motifs (C(OH)–C–C–N with tert-alkyl or cyclic N) is 1. The summed E-state index contributed by atoms with van der Waals surface area (Å²) in [7, 11) is 1.61. The third-order valence-corrected chi connectivity index (χ3v) is 5.18. The first-order chi connectivity index (χ1) is 13.6. The first-order valence-electron chi connectivity index (χ1n) is 9.03. The highest BCUT2D eigenvalue weighted by Crippen LogP contribution is 2.31. The van der Waals surface area contributed by atoms with Crippen molar-refractivity contribution in [3.63, 3.8) is 0 Å². The number of methoxy groups -OCH3 is 1. The lowest BCUT2D eigenvalue weighted by Gasteiger charge is -2.13. The Hall–Kier alpha value is -2.83. The number of ether oxygens (including phenoxy) is 1. The summed E-state index contributed by atoms with van der Waals surface area (Å²) in [6.45, 7) is 0.854. The molecule has 4 rings (SSSR count).